The molecule has 0 aromatic heterocycles. The van der Waals surface area contributed by atoms with E-state index in [0.29, 0.717) is 13.2 Å². The van der Waals surface area contributed by atoms with Gasteiger partial charge in [0, 0.05) is 18.7 Å². The molecule has 1 aliphatic rings. The van der Waals surface area contributed by atoms with Crippen LogP contribution >= 0.6 is 0 Å². The number of carbonyl (C=O) groups excluding carboxylic acids is 2. The topological polar surface area (TPSA) is 67.9 Å². The maximum atomic E-state index is 12.0. The van der Waals surface area contributed by atoms with Crippen molar-refractivity contribution in [2.24, 2.45) is 0 Å². The lowest BCUT2D eigenvalue weighted by molar-refractivity contribution is -0.117. The van der Waals surface area contributed by atoms with Crippen molar-refractivity contribution in [1.82, 2.24) is 5.32 Å². The van der Waals surface area contributed by atoms with Crippen molar-refractivity contribution in [1.29, 1.82) is 0 Å². The van der Waals surface area contributed by atoms with Crippen LogP contribution in [0.2, 0.25) is 0 Å². The monoisotopic (exact) mass is 278 g/mol. The van der Waals surface area contributed by atoms with Crippen LogP contribution in [0.5, 0.6) is 5.75 Å². The van der Waals surface area contributed by atoms with Gasteiger partial charge in [-0.1, -0.05) is 0 Å². The summed E-state index contributed by atoms with van der Waals surface area (Å²) < 4.78 is 9.90. The Bertz CT molecular complexity index is 486. The molecule has 2 rings (SSSR count). The summed E-state index contributed by atoms with van der Waals surface area (Å²) in [5.74, 6) is 0.752. The van der Waals surface area contributed by atoms with Crippen LogP contribution in [0.1, 0.15) is 13.3 Å². The standard InChI is InChI=1S/C14H18N2O4/c1-3-20-12-6-4-11(5-7-12)16-9-10(8-13(16)17)15-14(18)19-2/h4-7,10H,3,8-9H2,1-2H3,(H,15,18)/t10-/m1/s1. The number of ether oxygens (including phenoxy) is 2. The highest BCUT2D eigenvalue weighted by Crippen LogP contribution is 2.24. The summed E-state index contributed by atoms with van der Waals surface area (Å²) in [6, 6.07) is 7.11. The number of rotatable bonds is 4. The van der Waals surface area contributed by atoms with Gasteiger partial charge in [-0.25, -0.2) is 4.79 Å². The Balaban J connectivity index is 2.02. The number of nitrogens with one attached hydrogen (secondary N) is 1. The second-order valence-electron chi connectivity index (χ2n) is 4.47. The zero-order chi connectivity index (χ0) is 14.5. The summed E-state index contributed by atoms with van der Waals surface area (Å²) in [6.07, 6.45) is -0.237. The summed E-state index contributed by atoms with van der Waals surface area (Å²) in [5, 5.41) is 2.64. The van der Waals surface area contributed by atoms with Crippen LogP contribution in [0, 0.1) is 0 Å². The smallest absolute Gasteiger partial charge is 0.407 e. The van der Waals surface area contributed by atoms with E-state index in [-0.39, 0.29) is 18.4 Å². The first kappa shape index (κ1) is 14.2. The van der Waals surface area contributed by atoms with Crippen molar-refractivity contribution in [3.8, 4) is 5.75 Å². The second kappa shape index (κ2) is 6.27. The van der Waals surface area contributed by atoms with Gasteiger partial charge in [0.2, 0.25) is 5.91 Å². The molecule has 0 bridgehead atoms. The number of amides is 2. The number of alkyl carbamates (subject to hydrolysis) is 1. The van der Waals surface area contributed by atoms with E-state index >= 15 is 0 Å². The number of hydrogen-bond donors (Lipinski definition) is 1. The van der Waals surface area contributed by atoms with Gasteiger partial charge >= 0.3 is 6.09 Å². The molecule has 0 unspecified atom stereocenters. The fourth-order valence-electron chi connectivity index (χ4n) is 2.17. The summed E-state index contributed by atoms with van der Waals surface area (Å²) in [7, 11) is 1.30. The molecule has 2 amide bonds. The number of anilines is 1. The first-order valence-corrected chi connectivity index (χ1v) is 6.51. The Morgan fingerprint density at radius 1 is 1.40 bits per heavy atom. The predicted molar refractivity (Wildman–Crippen MR) is 73.9 cm³/mol. The van der Waals surface area contributed by atoms with Gasteiger partial charge in [0.15, 0.2) is 0 Å². The van der Waals surface area contributed by atoms with Crippen LogP contribution in [0.25, 0.3) is 0 Å². The zero-order valence-electron chi connectivity index (χ0n) is 11.6. The van der Waals surface area contributed by atoms with Gasteiger partial charge in [0.05, 0.1) is 19.8 Å². The molecular formula is C14H18N2O4. The third kappa shape index (κ3) is 3.20. The van der Waals surface area contributed by atoms with Crippen LogP contribution < -0.4 is 15.0 Å². The van der Waals surface area contributed by atoms with Crippen LogP contribution in [0.4, 0.5) is 10.5 Å². The molecule has 0 radical (unpaired) electrons. The van der Waals surface area contributed by atoms with E-state index in [4.69, 9.17) is 4.74 Å². The molecule has 20 heavy (non-hydrogen) atoms. The minimum Gasteiger partial charge on any atom is -0.494 e. The third-order valence-corrected chi connectivity index (χ3v) is 3.09. The van der Waals surface area contributed by atoms with Crippen molar-refractivity contribution < 1.29 is 19.1 Å². The number of methoxy groups -OCH3 is 1. The van der Waals surface area contributed by atoms with E-state index in [1.807, 2.05) is 31.2 Å². The Labute approximate surface area is 117 Å². The molecule has 0 saturated carbocycles. The normalized spacial score (nSPS) is 18.0. The molecule has 1 fully saturated rings. The Morgan fingerprint density at radius 3 is 2.70 bits per heavy atom. The molecule has 1 heterocycles. The molecule has 1 atom stereocenters. The number of nitrogens with zero attached hydrogens (tertiary/aromatic N) is 1. The molecule has 0 aliphatic carbocycles. The van der Waals surface area contributed by atoms with Crippen LogP contribution in [0.3, 0.4) is 0 Å². The van der Waals surface area contributed by atoms with Crippen LogP contribution in [-0.2, 0) is 9.53 Å². The van der Waals surface area contributed by atoms with Gasteiger partial charge in [0.25, 0.3) is 0 Å². The minimum absolute atomic E-state index is 0.0180. The SMILES string of the molecule is CCOc1ccc(N2C[C@H](NC(=O)OC)CC2=O)cc1. The molecule has 1 N–H and O–H groups in total. The van der Waals surface area contributed by atoms with Gasteiger partial charge in [-0.2, -0.15) is 0 Å². The molecule has 1 saturated heterocycles. The highest BCUT2D eigenvalue weighted by molar-refractivity contribution is 5.96. The lowest BCUT2D eigenvalue weighted by Crippen LogP contribution is -2.37. The molecule has 6 heteroatoms. The number of benzene rings is 1. The molecule has 1 aliphatic heterocycles. The highest BCUT2D eigenvalue weighted by atomic mass is 16.5. The van der Waals surface area contributed by atoms with Gasteiger partial charge in [-0.3, -0.25) is 4.79 Å². The van der Waals surface area contributed by atoms with Crippen molar-refractivity contribution in [3.05, 3.63) is 24.3 Å². The van der Waals surface area contributed by atoms with Crippen LogP contribution in [-0.4, -0.2) is 38.3 Å². The number of carbonyl (C=O) groups is 2. The lowest BCUT2D eigenvalue weighted by atomic mass is 10.2. The van der Waals surface area contributed by atoms with Gasteiger partial charge in [-0.15, -0.1) is 0 Å². The van der Waals surface area contributed by atoms with E-state index in [1.165, 1.54) is 7.11 Å². The Morgan fingerprint density at radius 2 is 2.10 bits per heavy atom. The molecule has 108 valence electrons. The summed E-state index contributed by atoms with van der Waals surface area (Å²) in [5.41, 5.74) is 0.799. The highest BCUT2D eigenvalue weighted by Gasteiger charge is 2.31. The molecule has 1 aromatic rings. The number of hydrogen-bond acceptors (Lipinski definition) is 4. The van der Waals surface area contributed by atoms with E-state index in [2.05, 4.69) is 10.1 Å². The first-order chi connectivity index (χ1) is 9.63. The van der Waals surface area contributed by atoms with Gasteiger partial charge < -0.3 is 19.7 Å². The Hall–Kier alpha value is -2.24. The van der Waals surface area contributed by atoms with Crippen LogP contribution in [0.15, 0.2) is 24.3 Å². The summed E-state index contributed by atoms with van der Waals surface area (Å²) >= 11 is 0. The van der Waals surface area contributed by atoms with E-state index in [9.17, 15) is 9.59 Å². The molecule has 1 aromatic carbocycles. The van der Waals surface area contributed by atoms with E-state index in [1.54, 1.807) is 4.90 Å². The van der Waals surface area contributed by atoms with Crippen molar-refractivity contribution in [3.63, 3.8) is 0 Å². The quantitative estimate of drug-likeness (QED) is 0.907. The Kier molecular flexibility index (Phi) is 4.45. The average molecular weight is 278 g/mol. The maximum absolute atomic E-state index is 12.0. The third-order valence-electron chi connectivity index (χ3n) is 3.09. The molecule has 0 spiro atoms. The summed E-state index contributed by atoms with van der Waals surface area (Å²) in [6.45, 7) is 2.97. The van der Waals surface area contributed by atoms with Gasteiger partial charge in [0.1, 0.15) is 5.75 Å². The maximum Gasteiger partial charge on any atom is 0.407 e. The van der Waals surface area contributed by atoms with E-state index in [0.717, 1.165) is 11.4 Å². The van der Waals surface area contributed by atoms with E-state index < -0.39 is 6.09 Å². The van der Waals surface area contributed by atoms with Crippen molar-refractivity contribution in [2.75, 3.05) is 25.2 Å². The molecular weight excluding hydrogens is 260 g/mol. The van der Waals surface area contributed by atoms with Crippen molar-refractivity contribution in [2.45, 2.75) is 19.4 Å². The fourth-order valence-corrected chi connectivity index (χ4v) is 2.17. The lowest BCUT2D eigenvalue weighted by Gasteiger charge is -2.17. The fraction of sp³-hybridized carbons (Fsp3) is 0.429. The zero-order valence-corrected chi connectivity index (χ0v) is 11.6. The summed E-state index contributed by atoms with van der Waals surface area (Å²) in [4.78, 5) is 24.8. The van der Waals surface area contributed by atoms with Gasteiger partial charge in [-0.05, 0) is 31.2 Å². The second-order valence-corrected chi connectivity index (χ2v) is 4.47. The minimum atomic E-state index is -0.517. The average Bonchev–Trinajstić information content (AvgIpc) is 2.80. The first-order valence-electron chi connectivity index (χ1n) is 6.51. The predicted octanol–water partition coefficient (Wildman–Crippen LogP) is 1.55. The van der Waals surface area contributed by atoms with Crippen molar-refractivity contribution >= 4 is 17.7 Å². The largest absolute Gasteiger partial charge is 0.494 e. The molecule has 6 nitrogen and oxygen atoms in total.